The standard InChI is InChI=1S/C11H15N3OS.ClH/c1-8(2)13-10(14-11(12)15)6-5-9-4-3-7-16-9;/h3-8H,1-2H3,(H3,12,13,14,15);1H/b6-5+;. The van der Waals surface area contributed by atoms with Crippen LogP contribution < -0.4 is 11.1 Å². The van der Waals surface area contributed by atoms with Crippen LogP contribution in [0.3, 0.4) is 0 Å². The first-order valence-electron chi connectivity index (χ1n) is 4.94. The van der Waals surface area contributed by atoms with E-state index in [1.54, 1.807) is 17.4 Å². The van der Waals surface area contributed by atoms with Gasteiger partial charge in [-0.25, -0.2) is 4.79 Å². The van der Waals surface area contributed by atoms with E-state index in [9.17, 15) is 4.79 Å². The smallest absolute Gasteiger partial charge is 0.317 e. The molecule has 1 heterocycles. The number of hydrogen-bond acceptors (Lipinski definition) is 3. The molecule has 3 N–H and O–H groups in total. The van der Waals surface area contributed by atoms with Crippen LogP contribution in [0.2, 0.25) is 0 Å². The topological polar surface area (TPSA) is 67.5 Å². The van der Waals surface area contributed by atoms with Gasteiger partial charge >= 0.3 is 6.03 Å². The molecule has 0 aromatic carbocycles. The highest BCUT2D eigenvalue weighted by atomic mass is 35.5. The molecule has 0 aliphatic carbocycles. The molecule has 2 amide bonds. The molecule has 17 heavy (non-hydrogen) atoms. The average Bonchev–Trinajstić information content (AvgIpc) is 2.64. The summed E-state index contributed by atoms with van der Waals surface area (Å²) in [5.74, 6) is 0.482. The average molecular weight is 274 g/mol. The Bertz CT molecular complexity index is 399. The maximum atomic E-state index is 10.8. The fraction of sp³-hybridized carbons (Fsp3) is 0.273. The first-order chi connectivity index (χ1) is 7.58. The molecule has 0 saturated carbocycles. The zero-order valence-corrected chi connectivity index (χ0v) is 11.3. The monoisotopic (exact) mass is 273 g/mol. The van der Waals surface area contributed by atoms with Crippen molar-refractivity contribution in [2.45, 2.75) is 19.9 Å². The number of carbonyl (C=O) groups excluding carboxylic acids is 1. The summed E-state index contributed by atoms with van der Waals surface area (Å²) in [5, 5.41) is 4.47. The Morgan fingerprint density at radius 1 is 1.59 bits per heavy atom. The summed E-state index contributed by atoms with van der Waals surface area (Å²) in [6.07, 6.45) is 3.64. The van der Waals surface area contributed by atoms with E-state index >= 15 is 0 Å². The van der Waals surface area contributed by atoms with Crippen molar-refractivity contribution in [1.82, 2.24) is 5.32 Å². The van der Waals surface area contributed by atoms with E-state index in [4.69, 9.17) is 5.73 Å². The van der Waals surface area contributed by atoms with Gasteiger partial charge in [-0.2, -0.15) is 0 Å². The van der Waals surface area contributed by atoms with Crippen LogP contribution in [0.25, 0.3) is 6.08 Å². The number of thiophene rings is 1. The Morgan fingerprint density at radius 2 is 2.29 bits per heavy atom. The fourth-order valence-corrected chi connectivity index (χ4v) is 1.69. The number of urea groups is 1. The normalized spacial score (nSPS) is 11.6. The number of rotatable bonds is 3. The summed E-state index contributed by atoms with van der Waals surface area (Å²) in [6.45, 7) is 3.86. The van der Waals surface area contributed by atoms with Crippen molar-refractivity contribution in [3.63, 3.8) is 0 Å². The summed E-state index contributed by atoms with van der Waals surface area (Å²) in [6, 6.07) is 3.45. The van der Waals surface area contributed by atoms with E-state index in [0.717, 1.165) is 4.88 Å². The molecule has 94 valence electrons. The first-order valence-corrected chi connectivity index (χ1v) is 5.81. The van der Waals surface area contributed by atoms with Gasteiger partial charge in [-0.3, -0.25) is 10.3 Å². The minimum Gasteiger partial charge on any atom is -0.351 e. The van der Waals surface area contributed by atoms with Crippen molar-refractivity contribution in [2.75, 3.05) is 0 Å². The van der Waals surface area contributed by atoms with Gasteiger partial charge in [0.25, 0.3) is 0 Å². The van der Waals surface area contributed by atoms with E-state index in [1.165, 1.54) is 0 Å². The van der Waals surface area contributed by atoms with Crippen molar-refractivity contribution in [3.05, 3.63) is 28.5 Å². The summed E-state index contributed by atoms with van der Waals surface area (Å²) in [4.78, 5) is 16.1. The Hall–Kier alpha value is -1.33. The van der Waals surface area contributed by atoms with E-state index in [2.05, 4.69) is 10.3 Å². The number of amidine groups is 1. The molecular weight excluding hydrogens is 258 g/mol. The molecule has 6 heteroatoms. The van der Waals surface area contributed by atoms with Gasteiger partial charge in [0.2, 0.25) is 0 Å². The predicted molar refractivity (Wildman–Crippen MR) is 75.9 cm³/mol. The van der Waals surface area contributed by atoms with Gasteiger partial charge in [0.05, 0.1) is 0 Å². The third-order valence-electron chi connectivity index (χ3n) is 1.60. The maximum absolute atomic E-state index is 10.8. The summed E-state index contributed by atoms with van der Waals surface area (Å²) in [7, 11) is 0. The van der Waals surface area contributed by atoms with E-state index in [-0.39, 0.29) is 18.4 Å². The number of nitrogens with two attached hydrogens (primary N) is 1. The number of hydrogen-bond donors (Lipinski definition) is 2. The Morgan fingerprint density at radius 3 is 2.76 bits per heavy atom. The lowest BCUT2D eigenvalue weighted by atomic mass is 10.3. The molecule has 1 aromatic rings. The van der Waals surface area contributed by atoms with Crippen molar-refractivity contribution in [3.8, 4) is 0 Å². The van der Waals surface area contributed by atoms with Gasteiger partial charge in [-0.1, -0.05) is 6.07 Å². The summed E-state index contributed by atoms with van der Waals surface area (Å²) in [5.41, 5.74) is 5.06. The molecule has 0 aliphatic rings. The van der Waals surface area contributed by atoms with Crippen molar-refractivity contribution in [1.29, 1.82) is 0 Å². The number of primary amides is 1. The van der Waals surface area contributed by atoms with Crippen LogP contribution in [-0.4, -0.2) is 17.9 Å². The molecule has 0 atom stereocenters. The van der Waals surface area contributed by atoms with Crippen LogP contribution in [0.5, 0.6) is 0 Å². The molecule has 0 radical (unpaired) electrons. The Kier molecular flexibility index (Phi) is 7.25. The Labute approximate surface area is 111 Å². The molecule has 0 bridgehead atoms. The number of aliphatic imine (C=N–C) groups is 1. The number of nitrogens with zero attached hydrogens (tertiary/aromatic N) is 1. The second kappa shape index (κ2) is 7.86. The van der Waals surface area contributed by atoms with Gasteiger partial charge < -0.3 is 5.73 Å². The molecule has 0 fully saturated rings. The fourth-order valence-electron chi connectivity index (χ4n) is 1.07. The highest BCUT2D eigenvalue weighted by Crippen LogP contribution is 2.10. The lowest BCUT2D eigenvalue weighted by Crippen LogP contribution is -2.34. The van der Waals surface area contributed by atoms with E-state index in [1.807, 2.05) is 37.4 Å². The minimum atomic E-state index is -0.602. The van der Waals surface area contributed by atoms with Gasteiger partial charge in [-0.05, 0) is 37.4 Å². The van der Waals surface area contributed by atoms with Crippen LogP contribution in [-0.2, 0) is 0 Å². The van der Waals surface area contributed by atoms with Crippen LogP contribution in [0.4, 0.5) is 4.79 Å². The zero-order valence-electron chi connectivity index (χ0n) is 9.71. The van der Waals surface area contributed by atoms with Gasteiger partial charge in [0, 0.05) is 10.9 Å². The number of halogens is 1. The molecule has 0 unspecified atom stereocenters. The number of nitrogens with one attached hydrogen (secondary N) is 1. The van der Waals surface area contributed by atoms with Crippen LogP contribution in [0, 0.1) is 0 Å². The highest BCUT2D eigenvalue weighted by molar-refractivity contribution is 7.10. The molecule has 0 saturated heterocycles. The second-order valence-electron chi connectivity index (χ2n) is 3.45. The van der Waals surface area contributed by atoms with Crippen molar-refractivity contribution < 1.29 is 4.79 Å². The largest absolute Gasteiger partial charge is 0.351 e. The maximum Gasteiger partial charge on any atom is 0.317 e. The van der Waals surface area contributed by atoms with Gasteiger partial charge in [0.15, 0.2) is 0 Å². The predicted octanol–water partition coefficient (Wildman–Crippen LogP) is 2.66. The molecule has 0 aliphatic heterocycles. The minimum absolute atomic E-state index is 0. The number of amides is 2. The van der Waals surface area contributed by atoms with Crippen molar-refractivity contribution in [2.24, 2.45) is 10.7 Å². The quantitative estimate of drug-likeness (QED) is 0.645. The summed E-state index contributed by atoms with van der Waals surface area (Å²) < 4.78 is 0. The van der Waals surface area contributed by atoms with Gasteiger partial charge in [-0.15, -0.1) is 23.7 Å². The third-order valence-corrected chi connectivity index (χ3v) is 2.43. The Balaban J connectivity index is 0.00000256. The van der Waals surface area contributed by atoms with Gasteiger partial charge in [0.1, 0.15) is 5.84 Å². The van der Waals surface area contributed by atoms with E-state index in [0.29, 0.717) is 5.84 Å². The number of carbonyl (C=O) groups is 1. The SMILES string of the molecule is CC(C)N=C(/C=C/c1cccs1)NC(N)=O.Cl. The van der Waals surface area contributed by atoms with Crippen LogP contribution in [0.15, 0.2) is 28.6 Å². The lowest BCUT2D eigenvalue weighted by Gasteiger charge is -2.03. The van der Waals surface area contributed by atoms with Crippen molar-refractivity contribution >= 4 is 41.7 Å². The highest BCUT2D eigenvalue weighted by Gasteiger charge is 1.99. The van der Waals surface area contributed by atoms with Crippen LogP contribution >= 0.6 is 23.7 Å². The molecule has 0 spiro atoms. The third kappa shape index (κ3) is 6.76. The second-order valence-corrected chi connectivity index (χ2v) is 4.43. The zero-order chi connectivity index (χ0) is 12.0. The molecular formula is C11H16ClN3OS. The summed E-state index contributed by atoms with van der Waals surface area (Å²) >= 11 is 1.62. The van der Waals surface area contributed by atoms with Crippen LogP contribution in [0.1, 0.15) is 18.7 Å². The molecule has 1 aromatic heterocycles. The molecule has 1 rings (SSSR count). The molecule has 4 nitrogen and oxygen atoms in total. The first kappa shape index (κ1) is 15.7. The lowest BCUT2D eigenvalue weighted by molar-refractivity contribution is 0.253. The van der Waals surface area contributed by atoms with E-state index < -0.39 is 6.03 Å².